The molecule has 1 aliphatic heterocycles. The van der Waals surface area contributed by atoms with E-state index in [9.17, 15) is 13.2 Å². The van der Waals surface area contributed by atoms with E-state index in [1.54, 1.807) is 4.90 Å². The van der Waals surface area contributed by atoms with Crippen LogP contribution in [0.15, 0.2) is 0 Å². The number of amides is 1. The van der Waals surface area contributed by atoms with Crippen LogP contribution in [0, 0.1) is 0 Å². The number of carbonyl (C=O) groups excluding carboxylic acids is 1. The fraction of sp³-hybridized carbons (Fsp3) is 0.909. The van der Waals surface area contributed by atoms with E-state index in [0.29, 0.717) is 19.0 Å². The van der Waals surface area contributed by atoms with E-state index in [1.165, 1.54) is 6.42 Å². The Hall–Kier alpha value is -0.620. The Balaban J connectivity index is 1.85. The highest BCUT2D eigenvalue weighted by atomic mass is 32.2. The van der Waals surface area contributed by atoms with Gasteiger partial charge in [0.2, 0.25) is 5.91 Å². The van der Waals surface area contributed by atoms with Crippen molar-refractivity contribution in [2.24, 2.45) is 0 Å². The molecule has 1 amide bonds. The summed E-state index contributed by atoms with van der Waals surface area (Å²) in [6.07, 6.45) is 3.65. The Morgan fingerprint density at radius 2 is 2.12 bits per heavy atom. The molecule has 5 nitrogen and oxygen atoms in total. The normalized spacial score (nSPS) is 28.4. The molecule has 0 bridgehead atoms. The zero-order chi connectivity index (χ0) is 12.5. The molecule has 1 heterocycles. The third kappa shape index (κ3) is 3.19. The van der Waals surface area contributed by atoms with Crippen LogP contribution in [0.3, 0.4) is 0 Å². The predicted octanol–water partition coefficient (Wildman–Crippen LogP) is -0.226. The van der Waals surface area contributed by atoms with Gasteiger partial charge in [-0.05, 0) is 19.3 Å². The van der Waals surface area contributed by atoms with Crippen LogP contribution in [0.4, 0.5) is 0 Å². The molecule has 17 heavy (non-hydrogen) atoms. The minimum atomic E-state index is -2.95. The van der Waals surface area contributed by atoms with Crippen LogP contribution in [0.5, 0.6) is 0 Å². The lowest BCUT2D eigenvalue weighted by Gasteiger charge is -2.36. The topological polar surface area (TPSA) is 66.5 Å². The van der Waals surface area contributed by atoms with Gasteiger partial charge in [-0.1, -0.05) is 0 Å². The van der Waals surface area contributed by atoms with Crippen molar-refractivity contribution in [2.45, 2.75) is 37.8 Å². The first-order valence-corrected chi connectivity index (χ1v) is 7.99. The molecule has 1 unspecified atom stereocenters. The van der Waals surface area contributed by atoms with Crippen molar-refractivity contribution < 1.29 is 13.2 Å². The summed E-state index contributed by atoms with van der Waals surface area (Å²) < 4.78 is 22.9. The average molecular weight is 260 g/mol. The highest BCUT2D eigenvalue weighted by Gasteiger charge is 2.30. The molecule has 2 rings (SSSR count). The standard InChI is InChI=1S/C11H20N2O3S/c1-13(10-3-2-4-10)11(14)7-9-8-17(15,16)6-5-12-9/h9-10,12H,2-8H2,1H3. The third-order valence-electron chi connectivity index (χ3n) is 3.74. The molecule has 2 fully saturated rings. The van der Waals surface area contributed by atoms with Crippen LogP contribution in [0.2, 0.25) is 0 Å². The first-order valence-electron chi connectivity index (χ1n) is 6.17. The quantitative estimate of drug-likeness (QED) is 0.761. The Bertz CT molecular complexity index is 390. The highest BCUT2D eigenvalue weighted by Crippen LogP contribution is 2.24. The summed E-state index contributed by atoms with van der Waals surface area (Å²) in [6, 6.07) is 0.173. The monoisotopic (exact) mass is 260 g/mol. The lowest BCUT2D eigenvalue weighted by Crippen LogP contribution is -2.49. The summed E-state index contributed by atoms with van der Waals surface area (Å²) in [4.78, 5) is 13.7. The summed E-state index contributed by atoms with van der Waals surface area (Å²) in [5, 5.41) is 3.11. The molecule has 0 aromatic heterocycles. The summed E-state index contributed by atoms with van der Waals surface area (Å²) in [7, 11) is -1.13. The zero-order valence-electron chi connectivity index (χ0n) is 10.2. The molecule has 0 spiro atoms. The van der Waals surface area contributed by atoms with E-state index in [0.717, 1.165) is 12.8 Å². The third-order valence-corrected chi connectivity index (χ3v) is 5.47. The molecule has 1 saturated carbocycles. The van der Waals surface area contributed by atoms with E-state index in [2.05, 4.69) is 5.32 Å². The minimum absolute atomic E-state index is 0.0595. The van der Waals surface area contributed by atoms with Gasteiger partial charge in [-0.3, -0.25) is 4.79 Å². The van der Waals surface area contributed by atoms with Crippen molar-refractivity contribution >= 4 is 15.7 Å². The van der Waals surface area contributed by atoms with Crippen molar-refractivity contribution in [3.63, 3.8) is 0 Å². The van der Waals surface area contributed by atoms with Gasteiger partial charge in [0, 0.05) is 32.1 Å². The number of sulfone groups is 1. The maximum atomic E-state index is 11.9. The molecule has 0 aromatic rings. The molecular formula is C11H20N2O3S. The zero-order valence-corrected chi connectivity index (χ0v) is 11.0. The van der Waals surface area contributed by atoms with Gasteiger partial charge in [0.15, 0.2) is 9.84 Å². The second kappa shape index (κ2) is 4.94. The number of hydrogen-bond acceptors (Lipinski definition) is 4. The van der Waals surface area contributed by atoms with E-state index < -0.39 is 9.84 Å². The van der Waals surface area contributed by atoms with Crippen LogP contribution in [-0.2, 0) is 14.6 Å². The maximum absolute atomic E-state index is 11.9. The van der Waals surface area contributed by atoms with Crippen molar-refractivity contribution in [3.8, 4) is 0 Å². The van der Waals surface area contributed by atoms with Gasteiger partial charge < -0.3 is 10.2 Å². The van der Waals surface area contributed by atoms with Gasteiger partial charge in [0.1, 0.15) is 0 Å². The molecule has 1 N–H and O–H groups in total. The van der Waals surface area contributed by atoms with Crippen molar-refractivity contribution in [2.75, 3.05) is 25.1 Å². The Labute approximate surface area is 102 Å². The first-order chi connectivity index (χ1) is 7.98. The summed E-state index contributed by atoms with van der Waals surface area (Å²) in [6.45, 7) is 0.466. The fourth-order valence-electron chi connectivity index (χ4n) is 2.33. The highest BCUT2D eigenvalue weighted by molar-refractivity contribution is 7.91. The second-order valence-electron chi connectivity index (χ2n) is 5.06. The summed E-state index contributed by atoms with van der Waals surface area (Å²) in [5.74, 6) is 0.345. The van der Waals surface area contributed by atoms with E-state index in [4.69, 9.17) is 0 Å². The summed E-state index contributed by atoms with van der Waals surface area (Å²) >= 11 is 0. The summed E-state index contributed by atoms with van der Waals surface area (Å²) in [5.41, 5.74) is 0. The largest absolute Gasteiger partial charge is 0.343 e. The smallest absolute Gasteiger partial charge is 0.224 e. The Morgan fingerprint density at radius 1 is 1.41 bits per heavy atom. The number of nitrogens with zero attached hydrogens (tertiary/aromatic N) is 1. The van der Waals surface area contributed by atoms with Gasteiger partial charge in [-0.2, -0.15) is 0 Å². The van der Waals surface area contributed by atoms with Crippen LogP contribution in [0.25, 0.3) is 0 Å². The lowest BCUT2D eigenvalue weighted by atomic mass is 9.91. The Kier molecular flexibility index (Phi) is 3.73. The number of rotatable bonds is 3. The minimum Gasteiger partial charge on any atom is -0.343 e. The van der Waals surface area contributed by atoms with Crippen molar-refractivity contribution in [1.82, 2.24) is 10.2 Å². The molecule has 0 radical (unpaired) electrons. The van der Waals surface area contributed by atoms with E-state index >= 15 is 0 Å². The molecule has 98 valence electrons. The molecule has 1 saturated heterocycles. The van der Waals surface area contributed by atoms with Gasteiger partial charge in [-0.15, -0.1) is 0 Å². The molecule has 1 aliphatic carbocycles. The Morgan fingerprint density at radius 3 is 2.65 bits per heavy atom. The molecule has 2 aliphatic rings. The first kappa shape index (κ1) is 12.8. The fourth-order valence-corrected chi connectivity index (χ4v) is 3.78. The van der Waals surface area contributed by atoms with Gasteiger partial charge in [0.05, 0.1) is 11.5 Å². The van der Waals surface area contributed by atoms with Crippen molar-refractivity contribution in [1.29, 1.82) is 0 Å². The second-order valence-corrected chi connectivity index (χ2v) is 7.29. The van der Waals surface area contributed by atoms with Crippen LogP contribution in [-0.4, -0.2) is 56.4 Å². The maximum Gasteiger partial charge on any atom is 0.224 e. The van der Waals surface area contributed by atoms with E-state index in [1.807, 2.05) is 7.05 Å². The number of nitrogens with one attached hydrogen (secondary N) is 1. The average Bonchev–Trinajstić information content (AvgIpc) is 2.12. The molecule has 6 heteroatoms. The molecule has 1 atom stereocenters. The van der Waals surface area contributed by atoms with Gasteiger partial charge in [0.25, 0.3) is 0 Å². The molecular weight excluding hydrogens is 240 g/mol. The van der Waals surface area contributed by atoms with Gasteiger partial charge >= 0.3 is 0 Å². The van der Waals surface area contributed by atoms with E-state index in [-0.39, 0.29) is 23.5 Å². The van der Waals surface area contributed by atoms with Crippen LogP contribution in [0.1, 0.15) is 25.7 Å². The van der Waals surface area contributed by atoms with Gasteiger partial charge in [-0.25, -0.2) is 8.42 Å². The number of hydrogen-bond donors (Lipinski definition) is 1. The van der Waals surface area contributed by atoms with Crippen molar-refractivity contribution in [3.05, 3.63) is 0 Å². The van der Waals surface area contributed by atoms with Crippen LogP contribution >= 0.6 is 0 Å². The number of carbonyl (C=O) groups is 1. The molecule has 0 aromatic carbocycles. The lowest BCUT2D eigenvalue weighted by molar-refractivity contribution is -0.133. The predicted molar refractivity (Wildman–Crippen MR) is 65.5 cm³/mol. The SMILES string of the molecule is CN(C(=O)CC1CS(=O)(=O)CCN1)C1CCC1. The van der Waals surface area contributed by atoms with Crippen LogP contribution < -0.4 is 5.32 Å².